The molecular weight excluding hydrogens is 382 g/mol. The number of nitrogens with one attached hydrogen (secondary N) is 1. The average Bonchev–Trinajstić information content (AvgIpc) is 2.51. The average molecular weight is 410 g/mol. The van der Waals surface area contributed by atoms with Crippen molar-refractivity contribution in [1.29, 1.82) is 0 Å². The second-order valence-electron chi connectivity index (χ2n) is 8.16. The van der Waals surface area contributed by atoms with Gasteiger partial charge in [0.1, 0.15) is 17.8 Å². The van der Waals surface area contributed by atoms with E-state index in [1.54, 1.807) is 0 Å². The van der Waals surface area contributed by atoms with Crippen LogP contribution in [0.15, 0.2) is 28.7 Å². The Morgan fingerprint density at radius 1 is 1.20 bits per heavy atom. The van der Waals surface area contributed by atoms with Crippen LogP contribution >= 0.6 is 15.9 Å². The molecule has 3 rings (SSSR count). The van der Waals surface area contributed by atoms with Gasteiger partial charge in [0.15, 0.2) is 0 Å². The summed E-state index contributed by atoms with van der Waals surface area (Å²) in [5, 5.41) is 3.54. The van der Waals surface area contributed by atoms with Crippen LogP contribution in [0.1, 0.15) is 45.6 Å². The molecule has 0 aromatic heterocycles. The van der Waals surface area contributed by atoms with Gasteiger partial charge in [-0.1, -0.05) is 34.5 Å². The van der Waals surface area contributed by atoms with Gasteiger partial charge in [0.25, 0.3) is 0 Å². The van der Waals surface area contributed by atoms with Crippen molar-refractivity contribution in [2.24, 2.45) is 11.8 Å². The predicted octanol–water partition coefficient (Wildman–Crippen LogP) is 4.02. The summed E-state index contributed by atoms with van der Waals surface area (Å²) in [4.78, 5) is 12.3. The molecule has 2 bridgehead atoms. The second kappa shape index (κ2) is 7.37. The number of ether oxygens (including phenoxy) is 2. The number of carbonyl (C=O) groups is 1. The lowest BCUT2D eigenvalue weighted by atomic mass is 9.63. The van der Waals surface area contributed by atoms with Crippen LogP contribution in [-0.2, 0) is 19.9 Å². The highest BCUT2D eigenvalue weighted by molar-refractivity contribution is 9.10. The van der Waals surface area contributed by atoms with E-state index in [1.165, 1.54) is 12.0 Å². The molecular formula is C20H28BrNO3. The maximum absolute atomic E-state index is 12.3. The van der Waals surface area contributed by atoms with Gasteiger partial charge in [-0.15, -0.1) is 0 Å². The Morgan fingerprint density at radius 3 is 2.36 bits per heavy atom. The van der Waals surface area contributed by atoms with Crippen LogP contribution in [-0.4, -0.2) is 31.3 Å². The molecule has 25 heavy (non-hydrogen) atoms. The number of esters is 1. The van der Waals surface area contributed by atoms with Crippen molar-refractivity contribution in [2.75, 3.05) is 19.7 Å². The molecule has 2 atom stereocenters. The van der Waals surface area contributed by atoms with Crippen molar-refractivity contribution in [1.82, 2.24) is 5.32 Å². The fourth-order valence-electron chi connectivity index (χ4n) is 4.36. The molecule has 1 aliphatic carbocycles. The van der Waals surface area contributed by atoms with Gasteiger partial charge in [0.2, 0.25) is 0 Å². The molecule has 5 heteroatoms. The van der Waals surface area contributed by atoms with Gasteiger partial charge in [-0.3, -0.25) is 0 Å². The zero-order chi connectivity index (χ0) is 18.1. The van der Waals surface area contributed by atoms with Crippen molar-refractivity contribution < 1.29 is 14.3 Å². The monoisotopic (exact) mass is 409 g/mol. The summed E-state index contributed by atoms with van der Waals surface area (Å²) < 4.78 is 13.0. The standard InChI is InChI=1S/C20H28BrNO3/c1-19(2,3)25-18(23)13-24-20(14-7-9-17(21)10-8-14)15-5-4-6-16(20)12-22-11-15/h7-10,15-16,22H,4-6,11-13H2,1-3H3. The zero-order valence-electron chi connectivity index (χ0n) is 15.3. The molecule has 1 aromatic rings. The van der Waals surface area contributed by atoms with Gasteiger partial charge in [0, 0.05) is 29.4 Å². The van der Waals surface area contributed by atoms with E-state index >= 15 is 0 Å². The van der Waals surface area contributed by atoms with E-state index in [4.69, 9.17) is 9.47 Å². The van der Waals surface area contributed by atoms with E-state index in [0.29, 0.717) is 11.8 Å². The molecule has 2 aliphatic rings. The summed E-state index contributed by atoms with van der Waals surface area (Å²) in [6.07, 6.45) is 3.47. The number of hydrogen-bond acceptors (Lipinski definition) is 4. The third-order valence-electron chi connectivity index (χ3n) is 5.24. The van der Waals surface area contributed by atoms with E-state index < -0.39 is 11.2 Å². The normalized spacial score (nSPS) is 29.3. The number of fused-ring (bicyclic) bond motifs is 2. The Kier molecular flexibility index (Phi) is 5.57. The van der Waals surface area contributed by atoms with Gasteiger partial charge >= 0.3 is 5.97 Å². The fourth-order valence-corrected chi connectivity index (χ4v) is 4.63. The number of halogens is 1. The summed E-state index contributed by atoms with van der Waals surface area (Å²) in [7, 11) is 0. The maximum Gasteiger partial charge on any atom is 0.332 e. The third-order valence-corrected chi connectivity index (χ3v) is 5.77. The van der Waals surface area contributed by atoms with Crippen LogP contribution in [0.5, 0.6) is 0 Å². The third kappa shape index (κ3) is 4.09. The van der Waals surface area contributed by atoms with E-state index in [1.807, 2.05) is 20.8 Å². The van der Waals surface area contributed by atoms with Crippen molar-refractivity contribution in [3.05, 3.63) is 34.3 Å². The number of hydrogen-bond donors (Lipinski definition) is 1. The van der Waals surface area contributed by atoms with Crippen LogP contribution in [0, 0.1) is 11.8 Å². The van der Waals surface area contributed by atoms with Gasteiger partial charge in [-0.05, 0) is 51.3 Å². The summed E-state index contributed by atoms with van der Waals surface area (Å²) in [5.74, 6) is 0.466. The Bertz CT molecular complexity index is 586. The van der Waals surface area contributed by atoms with E-state index in [-0.39, 0.29) is 12.6 Å². The highest BCUT2D eigenvalue weighted by Crippen LogP contribution is 2.50. The molecule has 1 aliphatic heterocycles. The quantitative estimate of drug-likeness (QED) is 0.762. The van der Waals surface area contributed by atoms with Crippen molar-refractivity contribution in [3.63, 3.8) is 0 Å². The zero-order valence-corrected chi connectivity index (χ0v) is 16.9. The first-order chi connectivity index (χ1) is 11.8. The molecule has 1 saturated carbocycles. The maximum atomic E-state index is 12.3. The van der Waals surface area contributed by atoms with Crippen molar-refractivity contribution >= 4 is 21.9 Å². The van der Waals surface area contributed by atoms with Gasteiger partial charge < -0.3 is 14.8 Å². The first-order valence-electron chi connectivity index (χ1n) is 9.14. The first-order valence-corrected chi connectivity index (χ1v) is 9.93. The van der Waals surface area contributed by atoms with Gasteiger partial charge in [0.05, 0.1) is 0 Å². The summed E-state index contributed by atoms with van der Waals surface area (Å²) in [6.45, 7) is 7.51. The second-order valence-corrected chi connectivity index (χ2v) is 9.07. The molecule has 2 fully saturated rings. The van der Waals surface area contributed by atoms with Crippen LogP contribution in [0.25, 0.3) is 0 Å². The fraction of sp³-hybridized carbons (Fsp3) is 0.650. The van der Waals surface area contributed by atoms with Crippen LogP contribution in [0.4, 0.5) is 0 Å². The Hall–Kier alpha value is -0.910. The summed E-state index contributed by atoms with van der Waals surface area (Å²) in [5.41, 5.74) is 0.284. The minimum atomic E-state index is -0.491. The molecule has 0 radical (unpaired) electrons. The molecule has 4 nitrogen and oxygen atoms in total. The Morgan fingerprint density at radius 2 is 1.80 bits per heavy atom. The smallest absolute Gasteiger partial charge is 0.332 e. The molecule has 0 amide bonds. The molecule has 1 aromatic carbocycles. The molecule has 1 N–H and O–H groups in total. The minimum Gasteiger partial charge on any atom is -0.458 e. The molecule has 0 spiro atoms. The highest BCUT2D eigenvalue weighted by atomic mass is 79.9. The molecule has 1 saturated heterocycles. The van der Waals surface area contributed by atoms with E-state index in [0.717, 1.165) is 30.4 Å². The number of rotatable bonds is 4. The number of piperidine rings is 1. The van der Waals surface area contributed by atoms with Crippen molar-refractivity contribution in [3.8, 4) is 0 Å². The Balaban J connectivity index is 1.87. The largest absolute Gasteiger partial charge is 0.458 e. The summed E-state index contributed by atoms with van der Waals surface area (Å²) in [6, 6.07) is 8.39. The lowest BCUT2D eigenvalue weighted by molar-refractivity contribution is -0.191. The Labute approximate surface area is 158 Å². The first kappa shape index (κ1) is 18.9. The highest BCUT2D eigenvalue weighted by Gasteiger charge is 2.52. The lowest BCUT2D eigenvalue weighted by Crippen LogP contribution is -2.58. The lowest BCUT2D eigenvalue weighted by Gasteiger charge is -2.53. The molecule has 138 valence electrons. The van der Waals surface area contributed by atoms with Crippen LogP contribution in [0.3, 0.4) is 0 Å². The number of benzene rings is 1. The number of carbonyl (C=O) groups excluding carboxylic acids is 1. The van der Waals surface area contributed by atoms with Crippen molar-refractivity contribution in [2.45, 2.75) is 51.2 Å². The summed E-state index contributed by atoms with van der Waals surface area (Å²) >= 11 is 3.52. The van der Waals surface area contributed by atoms with Crippen LogP contribution < -0.4 is 5.32 Å². The van der Waals surface area contributed by atoms with Gasteiger partial charge in [-0.2, -0.15) is 0 Å². The molecule has 2 unspecified atom stereocenters. The SMILES string of the molecule is CC(C)(C)OC(=O)COC1(c2ccc(Br)cc2)C2CCCC1CNC2. The topological polar surface area (TPSA) is 47.6 Å². The van der Waals surface area contributed by atoms with E-state index in [2.05, 4.69) is 45.5 Å². The van der Waals surface area contributed by atoms with E-state index in [9.17, 15) is 4.79 Å². The predicted molar refractivity (Wildman–Crippen MR) is 101 cm³/mol. The molecule has 1 heterocycles. The minimum absolute atomic E-state index is 0.000331. The van der Waals surface area contributed by atoms with Gasteiger partial charge in [-0.25, -0.2) is 4.79 Å². The van der Waals surface area contributed by atoms with Crippen LogP contribution in [0.2, 0.25) is 0 Å².